The lowest BCUT2D eigenvalue weighted by molar-refractivity contribution is 0.0341. The molecule has 35 heavy (non-hydrogen) atoms. The van der Waals surface area contributed by atoms with E-state index in [-0.39, 0.29) is 17.8 Å². The van der Waals surface area contributed by atoms with E-state index < -0.39 is 0 Å². The molecule has 1 aromatic carbocycles. The first-order chi connectivity index (χ1) is 17.2. The van der Waals surface area contributed by atoms with E-state index in [0.717, 1.165) is 64.6 Å². The smallest absolute Gasteiger partial charge is 0.251 e. The number of nitrogens with zero attached hydrogens (tertiary/aromatic N) is 4. The molecular formula is C27H30FN5O2. The monoisotopic (exact) mass is 475 g/mol. The summed E-state index contributed by atoms with van der Waals surface area (Å²) in [6.07, 6.45) is 6.87. The van der Waals surface area contributed by atoms with Gasteiger partial charge in [-0.05, 0) is 48.7 Å². The Labute approximate surface area is 204 Å². The minimum Gasteiger partial charge on any atom is -0.379 e. The predicted octanol–water partition coefficient (Wildman–Crippen LogP) is 3.51. The molecule has 0 bridgehead atoms. The van der Waals surface area contributed by atoms with E-state index in [1.807, 2.05) is 6.20 Å². The van der Waals surface area contributed by atoms with Crippen molar-refractivity contribution < 1.29 is 13.9 Å². The number of piperidine rings is 1. The van der Waals surface area contributed by atoms with Crippen molar-refractivity contribution >= 4 is 11.7 Å². The zero-order chi connectivity index (χ0) is 24.0. The summed E-state index contributed by atoms with van der Waals surface area (Å²) < 4.78 is 19.8. The van der Waals surface area contributed by atoms with Crippen LogP contribution in [-0.4, -0.2) is 66.2 Å². The summed E-state index contributed by atoms with van der Waals surface area (Å²) in [5.74, 6) is 0.422. The number of halogens is 1. The van der Waals surface area contributed by atoms with Crippen LogP contribution in [0.4, 0.5) is 10.2 Å². The van der Waals surface area contributed by atoms with Crippen LogP contribution in [0.5, 0.6) is 0 Å². The van der Waals surface area contributed by atoms with Crippen molar-refractivity contribution in [3.8, 4) is 11.1 Å². The molecule has 0 saturated carbocycles. The van der Waals surface area contributed by atoms with Crippen LogP contribution in [0.2, 0.25) is 0 Å². The van der Waals surface area contributed by atoms with Crippen LogP contribution in [0.25, 0.3) is 11.1 Å². The summed E-state index contributed by atoms with van der Waals surface area (Å²) in [7, 11) is 0. The van der Waals surface area contributed by atoms with Gasteiger partial charge in [0.15, 0.2) is 0 Å². The molecule has 1 amide bonds. The first-order valence-corrected chi connectivity index (χ1v) is 12.2. The number of hydrogen-bond donors (Lipinski definition) is 1. The van der Waals surface area contributed by atoms with Crippen molar-refractivity contribution in [2.75, 3.05) is 44.3 Å². The Morgan fingerprint density at radius 2 is 1.89 bits per heavy atom. The molecule has 2 aromatic heterocycles. The van der Waals surface area contributed by atoms with E-state index in [1.165, 1.54) is 17.7 Å². The number of benzene rings is 1. The maximum atomic E-state index is 14.3. The van der Waals surface area contributed by atoms with Crippen molar-refractivity contribution in [2.24, 2.45) is 0 Å². The third-order valence-electron chi connectivity index (χ3n) is 6.67. The molecule has 2 saturated heterocycles. The second-order valence-corrected chi connectivity index (χ2v) is 9.08. The van der Waals surface area contributed by atoms with Gasteiger partial charge in [0.25, 0.3) is 5.91 Å². The van der Waals surface area contributed by atoms with E-state index in [1.54, 1.807) is 30.6 Å². The summed E-state index contributed by atoms with van der Waals surface area (Å²) >= 11 is 0. The number of carbonyl (C=O) groups is 1. The number of anilines is 1. The molecule has 0 atom stereocenters. The highest BCUT2D eigenvalue weighted by molar-refractivity contribution is 5.95. The normalized spacial score (nSPS) is 17.3. The average molecular weight is 476 g/mol. The van der Waals surface area contributed by atoms with Crippen LogP contribution in [0.3, 0.4) is 0 Å². The maximum Gasteiger partial charge on any atom is 0.251 e. The molecule has 0 unspecified atom stereocenters. The van der Waals surface area contributed by atoms with E-state index >= 15 is 0 Å². The summed E-state index contributed by atoms with van der Waals surface area (Å²) in [4.78, 5) is 26.3. The van der Waals surface area contributed by atoms with Crippen LogP contribution in [0.1, 0.15) is 28.8 Å². The molecule has 2 aliphatic rings. The molecule has 4 heterocycles. The molecule has 2 aliphatic heterocycles. The molecule has 0 aliphatic carbocycles. The molecule has 182 valence electrons. The van der Waals surface area contributed by atoms with Crippen molar-refractivity contribution in [3.63, 3.8) is 0 Å². The first-order valence-electron chi connectivity index (χ1n) is 12.2. The van der Waals surface area contributed by atoms with Crippen LogP contribution < -0.4 is 10.2 Å². The van der Waals surface area contributed by atoms with Crippen molar-refractivity contribution in [1.29, 1.82) is 0 Å². The minimum atomic E-state index is -0.369. The fraction of sp³-hybridized carbons (Fsp3) is 0.370. The summed E-state index contributed by atoms with van der Waals surface area (Å²) in [5.41, 5.74) is 2.69. The highest BCUT2D eigenvalue weighted by atomic mass is 19.1. The third-order valence-corrected chi connectivity index (χ3v) is 6.67. The Bertz CT molecular complexity index is 1130. The fourth-order valence-corrected chi connectivity index (χ4v) is 4.65. The van der Waals surface area contributed by atoms with Gasteiger partial charge in [-0.2, -0.15) is 0 Å². The van der Waals surface area contributed by atoms with Gasteiger partial charge in [-0.15, -0.1) is 0 Å². The molecule has 8 heteroatoms. The van der Waals surface area contributed by atoms with Gasteiger partial charge in [-0.1, -0.05) is 12.1 Å². The van der Waals surface area contributed by atoms with Crippen LogP contribution in [0.15, 0.2) is 61.1 Å². The van der Waals surface area contributed by atoms with Crippen LogP contribution in [-0.2, 0) is 11.3 Å². The molecule has 7 nitrogen and oxygen atoms in total. The lowest BCUT2D eigenvalue weighted by atomic mass is 10.0. The molecule has 0 radical (unpaired) electrons. The van der Waals surface area contributed by atoms with Gasteiger partial charge in [-0.3, -0.25) is 14.7 Å². The first kappa shape index (κ1) is 23.4. The lowest BCUT2D eigenvalue weighted by Gasteiger charge is -2.33. The van der Waals surface area contributed by atoms with Crippen LogP contribution in [0, 0.1) is 5.82 Å². The average Bonchev–Trinajstić information content (AvgIpc) is 2.91. The molecule has 1 N–H and O–H groups in total. The highest BCUT2D eigenvalue weighted by Crippen LogP contribution is 2.24. The maximum absolute atomic E-state index is 14.3. The number of amides is 1. The summed E-state index contributed by atoms with van der Waals surface area (Å²) in [5, 5.41) is 3.12. The number of rotatable bonds is 6. The summed E-state index contributed by atoms with van der Waals surface area (Å²) in [6, 6.07) is 12.3. The number of nitrogens with one attached hydrogen (secondary N) is 1. The van der Waals surface area contributed by atoms with Crippen molar-refractivity contribution in [1.82, 2.24) is 20.2 Å². The lowest BCUT2D eigenvalue weighted by Crippen LogP contribution is -2.45. The van der Waals surface area contributed by atoms with Gasteiger partial charge in [0.05, 0.1) is 13.2 Å². The van der Waals surface area contributed by atoms with Gasteiger partial charge >= 0.3 is 0 Å². The molecule has 0 spiro atoms. The zero-order valence-corrected chi connectivity index (χ0v) is 19.7. The quantitative estimate of drug-likeness (QED) is 0.588. The van der Waals surface area contributed by atoms with Crippen molar-refractivity contribution in [2.45, 2.75) is 25.4 Å². The van der Waals surface area contributed by atoms with Gasteiger partial charge < -0.3 is 15.0 Å². The van der Waals surface area contributed by atoms with E-state index in [0.29, 0.717) is 16.7 Å². The fourth-order valence-electron chi connectivity index (χ4n) is 4.65. The Balaban J connectivity index is 1.14. The largest absolute Gasteiger partial charge is 0.379 e. The summed E-state index contributed by atoms with van der Waals surface area (Å²) in [6.45, 7) is 6.06. The third kappa shape index (κ3) is 5.83. The van der Waals surface area contributed by atoms with Gasteiger partial charge in [0.1, 0.15) is 11.6 Å². The number of hydrogen-bond acceptors (Lipinski definition) is 6. The van der Waals surface area contributed by atoms with E-state index in [2.05, 4.69) is 37.2 Å². The van der Waals surface area contributed by atoms with Crippen molar-refractivity contribution in [3.05, 3.63) is 78.0 Å². The number of morpholine rings is 1. The topological polar surface area (TPSA) is 70.6 Å². The number of ether oxygens (including phenoxy) is 1. The van der Waals surface area contributed by atoms with Gasteiger partial charge in [0, 0.05) is 74.0 Å². The van der Waals surface area contributed by atoms with Gasteiger partial charge in [0.2, 0.25) is 0 Å². The Kier molecular flexibility index (Phi) is 7.30. The molecule has 2 fully saturated rings. The van der Waals surface area contributed by atoms with E-state index in [4.69, 9.17) is 4.74 Å². The molecular weight excluding hydrogens is 445 g/mol. The minimum absolute atomic E-state index is 0.0752. The molecule has 3 aromatic rings. The Morgan fingerprint density at radius 3 is 2.60 bits per heavy atom. The Hall–Kier alpha value is -3.36. The number of pyridine rings is 2. The standard InChI is InChI=1S/C27H30FN5O2/c28-25-5-4-21(16-24(25)22-2-1-9-29-18-22)27(34)31-23-7-10-33(11-8-23)26-6-3-20(17-30-26)19-32-12-14-35-15-13-32/h1-6,9,16-18,23H,7-8,10-15,19H2,(H,31,34). The second-order valence-electron chi connectivity index (χ2n) is 9.08. The SMILES string of the molecule is O=C(NC1CCN(c2ccc(CN3CCOCC3)cn2)CC1)c1ccc(F)c(-c2cccnc2)c1. The Morgan fingerprint density at radius 1 is 1.06 bits per heavy atom. The number of carbonyl (C=O) groups excluding carboxylic acids is 1. The van der Waals surface area contributed by atoms with Gasteiger partial charge in [-0.25, -0.2) is 9.37 Å². The second kappa shape index (κ2) is 10.9. The molecule has 5 rings (SSSR count). The highest BCUT2D eigenvalue weighted by Gasteiger charge is 2.23. The van der Waals surface area contributed by atoms with E-state index in [9.17, 15) is 9.18 Å². The predicted molar refractivity (Wildman–Crippen MR) is 133 cm³/mol. The number of aromatic nitrogens is 2. The van der Waals surface area contributed by atoms with Crippen LogP contribution >= 0.6 is 0 Å². The zero-order valence-electron chi connectivity index (χ0n) is 19.7.